The van der Waals surface area contributed by atoms with E-state index < -0.39 is 0 Å². The summed E-state index contributed by atoms with van der Waals surface area (Å²) in [6.07, 6.45) is 1.70. The fraction of sp³-hybridized carbons (Fsp3) is 0.235. The maximum Gasteiger partial charge on any atom is 0.274 e. The van der Waals surface area contributed by atoms with Gasteiger partial charge < -0.3 is 15.0 Å². The Bertz CT molecular complexity index is 731. The van der Waals surface area contributed by atoms with Gasteiger partial charge in [-0.1, -0.05) is 6.07 Å². The zero-order valence-corrected chi connectivity index (χ0v) is 12.5. The van der Waals surface area contributed by atoms with E-state index in [1.54, 1.807) is 36.5 Å². The Kier molecular flexibility index (Phi) is 4.50. The van der Waals surface area contributed by atoms with Crippen molar-refractivity contribution in [2.45, 2.75) is 0 Å². The highest BCUT2D eigenvalue weighted by molar-refractivity contribution is 6.03. The van der Waals surface area contributed by atoms with E-state index in [1.165, 1.54) is 0 Å². The van der Waals surface area contributed by atoms with Crippen LogP contribution in [0.15, 0.2) is 42.6 Å². The zero-order valence-electron chi connectivity index (χ0n) is 12.5. The highest BCUT2D eigenvalue weighted by Gasteiger charge is 2.13. The minimum atomic E-state index is -0.298. The molecule has 1 aliphatic rings. The summed E-state index contributed by atoms with van der Waals surface area (Å²) < 4.78 is 5.32. The van der Waals surface area contributed by atoms with Crippen LogP contribution >= 0.6 is 0 Å². The van der Waals surface area contributed by atoms with Gasteiger partial charge in [-0.05, 0) is 30.3 Å². The van der Waals surface area contributed by atoms with Gasteiger partial charge in [0.2, 0.25) is 0 Å². The smallest absolute Gasteiger partial charge is 0.274 e. The molecule has 0 radical (unpaired) electrons. The number of rotatable bonds is 3. The third-order valence-electron chi connectivity index (χ3n) is 3.61. The van der Waals surface area contributed by atoms with E-state index in [0.29, 0.717) is 30.2 Å². The number of nitrogens with zero attached hydrogens (tertiary/aromatic N) is 3. The summed E-state index contributed by atoms with van der Waals surface area (Å²) >= 11 is 0. The number of benzene rings is 1. The minimum absolute atomic E-state index is 0.298. The van der Waals surface area contributed by atoms with Crippen LogP contribution in [0.1, 0.15) is 16.1 Å². The van der Waals surface area contributed by atoms with Crippen molar-refractivity contribution in [3.63, 3.8) is 0 Å². The molecule has 6 nitrogen and oxygen atoms in total. The standard InChI is InChI=1S/C17H16N4O2/c18-11-13-2-1-3-14(10-13)20-17(22)16-5-4-15(12-19-16)21-6-8-23-9-7-21/h1-5,10,12H,6-9H2,(H,20,22). The number of aromatic nitrogens is 1. The second kappa shape index (κ2) is 6.90. The molecule has 1 aromatic heterocycles. The summed E-state index contributed by atoms with van der Waals surface area (Å²) in [4.78, 5) is 18.6. The van der Waals surface area contributed by atoms with Crippen molar-refractivity contribution in [2.75, 3.05) is 36.5 Å². The number of hydrogen-bond acceptors (Lipinski definition) is 5. The lowest BCUT2D eigenvalue weighted by Gasteiger charge is -2.28. The number of amides is 1. The number of pyridine rings is 1. The molecule has 2 aromatic rings. The molecule has 1 aliphatic heterocycles. The van der Waals surface area contributed by atoms with Crippen molar-refractivity contribution in [3.8, 4) is 6.07 Å². The third-order valence-corrected chi connectivity index (χ3v) is 3.61. The maximum absolute atomic E-state index is 12.2. The van der Waals surface area contributed by atoms with Crippen molar-refractivity contribution in [3.05, 3.63) is 53.9 Å². The Balaban J connectivity index is 1.68. The largest absolute Gasteiger partial charge is 0.378 e. The molecule has 1 amide bonds. The van der Waals surface area contributed by atoms with Crippen molar-refractivity contribution < 1.29 is 9.53 Å². The molecule has 3 rings (SSSR count). The van der Waals surface area contributed by atoms with Crippen LogP contribution in [0.3, 0.4) is 0 Å². The number of hydrogen-bond donors (Lipinski definition) is 1. The molecule has 0 spiro atoms. The van der Waals surface area contributed by atoms with E-state index >= 15 is 0 Å². The maximum atomic E-state index is 12.2. The number of nitrogens with one attached hydrogen (secondary N) is 1. The first kappa shape index (κ1) is 15.0. The number of morpholine rings is 1. The molecule has 1 aromatic carbocycles. The molecule has 2 heterocycles. The van der Waals surface area contributed by atoms with Crippen molar-refractivity contribution in [2.24, 2.45) is 0 Å². The fourth-order valence-corrected chi connectivity index (χ4v) is 2.39. The van der Waals surface area contributed by atoms with Crippen LogP contribution in [0.4, 0.5) is 11.4 Å². The van der Waals surface area contributed by atoms with Gasteiger partial charge in [-0.15, -0.1) is 0 Å². The first-order chi connectivity index (χ1) is 11.3. The third kappa shape index (κ3) is 3.65. The number of anilines is 2. The van der Waals surface area contributed by atoms with Gasteiger partial charge in [0.25, 0.3) is 5.91 Å². The number of ether oxygens (including phenoxy) is 1. The zero-order chi connectivity index (χ0) is 16.1. The Labute approximate surface area is 134 Å². The second-order valence-corrected chi connectivity index (χ2v) is 5.15. The molecule has 0 bridgehead atoms. The van der Waals surface area contributed by atoms with Crippen LogP contribution < -0.4 is 10.2 Å². The van der Waals surface area contributed by atoms with E-state index in [9.17, 15) is 4.79 Å². The molecule has 0 aliphatic carbocycles. The van der Waals surface area contributed by atoms with Crippen molar-refractivity contribution in [1.29, 1.82) is 5.26 Å². The van der Waals surface area contributed by atoms with Crippen LogP contribution in [0.25, 0.3) is 0 Å². The van der Waals surface area contributed by atoms with Gasteiger partial charge in [-0.2, -0.15) is 5.26 Å². The molecule has 1 saturated heterocycles. The number of carbonyl (C=O) groups is 1. The first-order valence-electron chi connectivity index (χ1n) is 7.36. The Morgan fingerprint density at radius 1 is 1.26 bits per heavy atom. The van der Waals surface area contributed by atoms with Crippen molar-refractivity contribution in [1.82, 2.24) is 4.98 Å². The predicted octanol–water partition coefficient (Wildman–Crippen LogP) is 2.04. The van der Waals surface area contributed by atoms with E-state index in [-0.39, 0.29) is 5.91 Å². The first-order valence-corrected chi connectivity index (χ1v) is 7.36. The molecule has 6 heteroatoms. The SMILES string of the molecule is N#Cc1cccc(NC(=O)c2ccc(N3CCOCC3)cn2)c1. The molecule has 23 heavy (non-hydrogen) atoms. The highest BCUT2D eigenvalue weighted by atomic mass is 16.5. The predicted molar refractivity (Wildman–Crippen MR) is 86.4 cm³/mol. The average molecular weight is 308 g/mol. The second-order valence-electron chi connectivity index (χ2n) is 5.15. The van der Waals surface area contributed by atoms with E-state index in [0.717, 1.165) is 18.8 Å². The normalized spacial score (nSPS) is 14.1. The Morgan fingerprint density at radius 3 is 2.78 bits per heavy atom. The lowest BCUT2D eigenvalue weighted by molar-refractivity contribution is 0.102. The number of nitriles is 1. The van der Waals surface area contributed by atoms with E-state index in [2.05, 4.69) is 15.2 Å². The summed E-state index contributed by atoms with van der Waals surface area (Å²) in [6, 6.07) is 12.4. The van der Waals surface area contributed by atoms with Gasteiger partial charge in [0.05, 0.1) is 36.7 Å². The van der Waals surface area contributed by atoms with Crippen molar-refractivity contribution >= 4 is 17.3 Å². The summed E-state index contributed by atoms with van der Waals surface area (Å²) in [6.45, 7) is 3.07. The van der Waals surface area contributed by atoms with E-state index in [1.807, 2.05) is 12.1 Å². The van der Waals surface area contributed by atoms with Gasteiger partial charge in [0, 0.05) is 18.8 Å². The van der Waals surface area contributed by atoms with E-state index in [4.69, 9.17) is 10.00 Å². The van der Waals surface area contributed by atoms with Gasteiger partial charge >= 0.3 is 0 Å². The molecular formula is C17H16N4O2. The lowest BCUT2D eigenvalue weighted by atomic mass is 10.2. The van der Waals surface area contributed by atoms with Gasteiger partial charge in [-0.25, -0.2) is 4.98 Å². The quantitative estimate of drug-likeness (QED) is 0.939. The van der Waals surface area contributed by atoms with Crippen LogP contribution in [0, 0.1) is 11.3 Å². The number of carbonyl (C=O) groups excluding carboxylic acids is 1. The highest BCUT2D eigenvalue weighted by Crippen LogP contribution is 2.16. The van der Waals surface area contributed by atoms with Crippen LogP contribution in [0.2, 0.25) is 0 Å². The molecule has 116 valence electrons. The lowest BCUT2D eigenvalue weighted by Crippen LogP contribution is -2.36. The van der Waals surface area contributed by atoms with Gasteiger partial charge in [-0.3, -0.25) is 4.79 Å². The van der Waals surface area contributed by atoms with Crippen LogP contribution in [-0.4, -0.2) is 37.2 Å². The van der Waals surface area contributed by atoms with Gasteiger partial charge in [0.15, 0.2) is 0 Å². The summed E-state index contributed by atoms with van der Waals surface area (Å²) in [5.74, 6) is -0.298. The summed E-state index contributed by atoms with van der Waals surface area (Å²) in [5.41, 5.74) is 2.40. The summed E-state index contributed by atoms with van der Waals surface area (Å²) in [5, 5.41) is 11.6. The van der Waals surface area contributed by atoms with Crippen LogP contribution in [-0.2, 0) is 4.74 Å². The molecule has 1 fully saturated rings. The molecular weight excluding hydrogens is 292 g/mol. The monoisotopic (exact) mass is 308 g/mol. The van der Waals surface area contributed by atoms with Crippen LogP contribution in [0.5, 0.6) is 0 Å². The Morgan fingerprint density at radius 2 is 2.09 bits per heavy atom. The minimum Gasteiger partial charge on any atom is -0.378 e. The van der Waals surface area contributed by atoms with Gasteiger partial charge in [0.1, 0.15) is 5.69 Å². The molecule has 0 atom stereocenters. The summed E-state index contributed by atoms with van der Waals surface area (Å²) in [7, 11) is 0. The topological polar surface area (TPSA) is 78.2 Å². The Hall–Kier alpha value is -2.91. The fourth-order valence-electron chi connectivity index (χ4n) is 2.39. The molecule has 0 unspecified atom stereocenters. The average Bonchev–Trinajstić information content (AvgIpc) is 2.63. The molecule has 0 saturated carbocycles. The molecule has 1 N–H and O–H groups in total.